The topological polar surface area (TPSA) is 63.0 Å². The molecule has 2 aromatic rings. The van der Waals surface area contributed by atoms with Crippen LogP contribution < -0.4 is 5.43 Å². The van der Waals surface area contributed by atoms with Crippen molar-refractivity contribution in [3.8, 4) is 0 Å². The molecule has 6 heteroatoms. The number of likely N-dealkylation sites (tertiary alicyclic amines) is 1. The molecule has 1 saturated heterocycles. The number of amides is 1. The van der Waals surface area contributed by atoms with E-state index in [0.29, 0.717) is 29.9 Å². The highest BCUT2D eigenvalue weighted by molar-refractivity contribution is 5.76. The molecule has 1 fully saturated rings. The number of fused-ring (bicyclic) bond motifs is 1. The lowest BCUT2D eigenvalue weighted by molar-refractivity contribution is 0.0775. The minimum absolute atomic E-state index is 0.00576. The van der Waals surface area contributed by atoms with Crippen LogP contribution >= 0.6 is 0 Å². The van der Waals surface area contributed by atoms with Crippen LogP contribution in [0.4, 0.5) is 4.79 Å². The van der Waals surface area contributed by atoms with Crippen LogP contribution in [0.25, 0.3) is 11.0 Å². The summed E-state index contributed by atoms with van der Waals surface area (Å²) in [4.78, 5) is 27.9. The van der Waals surface area contributed by atoms with Gasteiger partial charge in [-0.15, -0.1) is 0 Å². The van der Waals surface area contributed by atoms with Gasteiger partial charge in [-0.2, -0.15) is 0 Å². The van der Waals surface area contributed by atoms with Crippen molar-refractivity contribution in [3.63, 3.8) is 0 Å². The number of piperidine rings is 1. The van der Waals surface area contributed by atoms with E-state index < -0.39 is 0 Å². The first-order valence-corrected chi connectivity index (χ1v) is 8.72. The third-order valence-corrected chi connectivity index (χ3v) is 4.73. The fraction of sp³-hybridized carbons (Fsp3) is 0.474. The summed E-state index contributed by atoms with van der Waals surface area (Å²) < 4.78 is 10.9. The van der Waals surface area contributed by atoms with Crippen LogP contribution in [0.2, 0.25) is 0 Å². The number of carbonyl (C=O) groups excluding carboxylic acids is 1. The molecule has 2 heterocycles. The van der Waals surface area contributed by atoms with Crippen molar-refractivity contribution < 1.29 is 13.9 Å². The number of benzene rings is 1. The smallest absolute Gasteiger partial charge is 0.409 e. The summed E-state index contributed by atoms with van der Waals surface area (Å²) >= 11 is 0. The van der Waals surface area contributed by atoms with Gasteiger partial charge < -0.3 is 14.1 Å². The van der Waals surface area contributed by atoms with Gasteiger partial charge in [0.1, 0.15) is 11.3 Å². The quantitative estimate of drug-likeness (QED) is 0.853. The van der Waals surface area contributed by atoms with Crippen LogP contribution in [0.1, 0.15) is 25.5 Å². The van der Waals surface area contributed by atoms with Gasteiger partial charge in [-0.3, -0.25) is 9.69 Å². The first kappa shape index (κ1) is 17.5. The summed E-state index contributed by atoms with van der Waals surface area (Å²) in [5, 5.41) is 0.612. The molecule has 25 heavy (non-hydrogen) atoms. The van der Waals surface area contributed by atoms with E-state index in [2.05, 4.69) is 4.90 Å². The van der Waals surface area contributed by atoms with Gasteiger partial charge in [-0.1, -0.05) is 12.1 Å². The number of carbonyl (C=O) groups is 1. The molecule has 1 amide bonds. The zero-order valence-corrected chi connectivity index (χ0v) is 14.7. The van der Waals surface area contributed by atoms with Crippen LogP contribution in [0.5, 0.6) is 0 Å². The van der Waals surface area contributed by atoms with Crippen molar-refractivity contribution in [3.05, 3.63) is 46.3 Å². The molecule has 0 atom stereocenters. The molecule has 1 aliphatic heterocycles. The largest absolute Gasteiger partial charge is 0.459 e. The highest BCUT2D eigenvalue weighted by atomic mass is 16.6. The van der Waals surface area contributed by atoms with Crippen molar-refractivity contribution in [1.82, 2.24) is 9.80 Å². The van der Waals surface area contributed by atoms with E-state index in [0.717, 1.165) is 25.9 Å². The second kappa shape index (κ2) is 7.70. The van der Waals surface area contributed by atoms with Crippen molar-refractivity contribution in [1.29, 1.82) is 0 Å². The molecule has 1 aromatic carbocycles. The van der Waals surface area contributed by atoms with Gasteiger partial charge in [-0.25, -0.2) is 4.79 Å². The van der Waals surface area contributed by atoms with E-state index in [4.69, 9.17) is 9.15 Å². The normalized spacial score (nSPS) is 16.1. The highest BCUT2D eigenvalue weighted by Crippen LogP contribution is 2.19. The van der Waals surface area contributed by atoms with E-state index in [9.17, 15) is 9.59 Å². The van der Waals surface area contributed by atoms with Crippen LogP contribution in [-0.4, -0.2) is 48.7 Å². The van der Waals surface area contributed by atoms with E-state index in [-0.39, 0.29) is 17.6 Å². The standard InChI is InChI=1S/C19H24N2O4/c1-3-24-19(23)20(2)14-8-10-21(11-9-14)13-15-12-17(22)16-6-4-5-7-18(16)25-15/h4-7,12,14H,3,8-11,13H2,1-2H3. The van der Waals surface area contributed by atoms with E-state index in [1.807, 2.05) is 25.1 Å². The Morgan fingerprint density at radius 3 is 2.76 bits per heavy atom. The van der Waals surface area contributed by atoms with Crippen molar-refractivity contribution in [2.45, 2.75) is 32.4 Å². The molecular formula is C19H24N2O4. The molecule has 6 nitrogen and oxygen atoms in total. The highest BCUT2D eigenvalue weighted by Gasteiger charge is 2.26. The Morgan fingerprint density at radius 2 is 2.04 bits per heavy atom. The molecule has 134 valence electrons. The summed E-state index contributed by atoms with van der Waals surface area (Å²) in [6.45, 7) is 4.51. The van der Waals surface area contributed by atoms with Crippen molar-refractivity contribution >= 4 is 17.1 Å². The molecule has 1 aliphatic rings. The predicted molar refractivity (Wildman–Crippen MR) is 95.6 cm³/mol. The van der Waals surface area contributed by atoms with Crippen molar-refractivity contribution in [2.75, 3.05) is 26.7 Å². The average Bonchev–Trinajstić information content (AvgIpc) is 2.62. The van der Waals surface area contributed by atoms with Gasteiger partial charge in [0, 0.05) is 32.2 Å². The first-order valence-electron chi connectivity index (χ1n) is 8.72. The summed E-state index contributed by atoms with van der Waals surface area (Å²) in [6.07, 6.45) is 1.50. The van der Waals surface area contributed by atoms with Gasteiger partial charge >= 0.3 is 6.09 Å². The zero-order valence-electron chi connectivity index (χ0n) is 14.7. The fourth-order valence-corrected chi connectivity index (χ4v) is 3.29. The molecule has 0 spiro atoms. The van der Waals surface area contributed by atoms with Gasteiger partial charge in [0.2, 0.25) is 0 Å². The van der Waals surface area contributed by atoms with Crippen LogP contribution in [0.15, 0.2) is 39.5 Å². The lowest BCUT2D eigenvalue weighted by Crippen LogP contribution is -2.45. The number of ether oxygens (including phenoxy) is 1. The van der Waals surface area contributed by atoms with Crippen molar-refractivity contribution in [2.24, 2.45) is 0 Å². The molecular weight excluding hydrogens is 320 g/mol. The lowest BCUT2D eigenvalue weighted by atomic mass is 10.0. The monoisotopic (exact) mass is 344 g/mol. The fourth-order valence-electron chi connectivity index (χ4n) is 3.29. The number of hydrogen-bond acceptors (Lipinski definition) is 5. The Labute approximate surface area is 147 Å². The molecule has 1 aromatic heterocycles. The average molecular weight is 344 g/mol. The van der Waals surface area contributed by atoms with Crippen LogP contribution in [0, 0.1) is 0 Å². The summed E-state index contributed by atoms with van der Waals surface area (Å²) in [6, 6.07) is 9.08. The Kier molecular flexibility index (Phi) is 5.38. The maximum absolute atomic E-state index is 12.2. The predicted octanol–water partition coefficient (Wildman–Crippen LogP) is 2.85. The number of hydrogen-bond donors (Lipinski definition) is 0. The van der Waals surface area contributed by atoms with E-state index in [1.54, 1.807) is 24.1 Å². The molecule has 0 unspecified atom stereocenters. The minimum atomic E-state index is -0.263. The summed E-state index contributed by atoms with van der Waals surface area (Å²) in [7, 11) is 1.79. The summed E-state index contributed by atoms with van der Waals surface area (Å²) in [5.41, 5.74) is 0.621. The number of rotatable bonds is 4. The third kappa shape index (κ3) is 4.02. The molecule has 0 saturated carbocycles. The number of para-hydroxylation sites is 1. The molecule has 0 bridgehead atoms. The lowest BCUT2D eigenvalue weighted by Gasteiger charge is -2.35. The van der Waals surface area contributed by atoms with Gasteiger partial charge in [0.15, 0.2) is 5.43 Å². The number of nitrogens with zero attached hydrogens (tertiary/aromatic N) is 2. The zero-order chi connectivity index (χ0) is 17.8. The Bertz CT molecular complexity index is 793. The Hall–Kier alpha value is -2.34. The molecule has 0 aliphatic carbocycles. The maximum Gasteiger partial charge on any atom is 0.409 e. The second-order valence-electron chi connectivity index (χ2n) is 6.39. The summed E-state index contributed by atoms with van der Waals surface area (Å²) in [5.74, 6) is 0.681. The Morgan fingerprint density at radius 1 is 1.32 bits per heavy atom. The molecule has 3 rings (SSSR count). The van der Waals surface area contributed by atoms with Gasteiger partial charge in [-0.05, 0) is 31.9 Å². The SMILES string of the molecule is CCOC(=O)N(C)C1CCN(Cc2cc(=O)c3ccccc3o2)CC1. The van der Waals surface area contributed by atoms with Crippen LogP contribution in [-0.2, 0) is 11.3 Å². The first-order chi connectivity index (χ1) is 12.1. The van der Waals surface area contributed by atoms with Gasteiger partial charge in [0.05, 0.1) is 18.5 Å². The minimum Gasteiger partial charge on any atom is -0.459 e. The third-order valence-electron chi connectivity index (χ3n) is 4.73. The molecule has 0 N–H and O–H groups in total. The van der Waals surface area contributed by atoms with E-state index in [1.165, 1.54) is 0 Å². The van der Waals surface area contributed by atoms with Gasteiger partial charge in [0.25, 0.3) is 0 Å². The second-order valence-corrected chi connectivity index (χ2v) is 6.39. The molecule has 0 radical (unpaired) electrons. The Balaban J connectivity index is 1.61. The maximum atomic E-state index is 12.2. The van der Waals surface area contributed by atoms with E-state index >= 15 is 0 Å². The van der Waals surface area contributed by atoms with Crippen LogP contribution in [0.3, 0.4) is 0 Å².